The van der Waals surface area contributed by atoms with Crippen LogP contribution in [0, 0.1) is 18.7 Å². The minimum Gasteiger partial charge on any atom is -0.493 e. The summed E-state index contributed by atoms with van der Waals surface area (Å²) >= 11 is 0. The molecule has 94 valence electrons. The topological polar surface area (TPSA) is 21.3 Å². The first-order valence-corrected chi connectivity index (χ1v) is 6.35. The molecular formula is C14H20FNO. The molecule has 1 aromatic carbocycles. The monoisotopic (exact) mass is 237 g/mol. The van der Waals surface area contributed by atoms with Crippen molar-refractivity contribution in [1.29, 1.82) is 0 Å². The Balaban J connectivity index is 1.75. The lowest BCUT2D eigenvalue weighted by Gasteiger charge is -2.22. The molecule has 17 heavy (non-hydrogen) atoms. The van der Waals surface area contributed by atoms with E-state index < -0.39 is 0 Å². The van der Waals surface area contributed by atoms with Gasteiger partial charge in [0.15, 0.2) is 0 Å². The lowest BCUT2D eigenvalue weighted by molar-refractivity contribution is 0.251. The van der Waals surface area contributed by atoms with Gasteiger partial charge in [-0.15, -0.1) is 0 Å². The molecule has 0 saturated carbocycles. The molecule has 0 atom stereocenters. The number of rotatable bonds is 4. The van der Waals surface area contributed by atoms with Crippen molar-refractivity contribution in [1.82, 2.24) is 5.32 Å². The predicted octanol–water partition coefficient (Wildman–Crippen LogP) is 2.90. The van der Waals surface area contributed by atoms with Gasteiger partial charge in [-0.2, -0.15) is 0 Å². The molecule has 1 N–H and O–H groups in total. The molecule has 1 fully saturated rings. The fraction of sp³-hybridized carbons (Fsp3) is 0.571. The Morgan fingerprint density at radius 3 is 2.82 bits per heavy atom. The highest BCUT2D eigenvalue weighted by molar-refractivity contribution is 5.27. The van der Waals surface area contributed by atoms with Crippen LogP contribution in [0.15, 0.2) is 18.2 Å². The Morgan fingerprint density at radius 1 is 1.35 bits per heavy atom. The van der Waals surface area contributed by atoms with Crippen LogP contribution in [-0.2, 0) is 0 Å². The van der Waals surface area contributed by atoms with Gasteiger partial charge in [-0.05, 0) is 56.8 Å². The minimum absolute atomic E-state index is 0.190. The van der Waals surface area contributed by atoms with E-state index in [1.807, 2.05) is 6.07 Å². The van der Waals surface area contributed by atoms with E-state index in [0.717, 1.165) is 25.4 Å². The first kappa shape index (κ1) is 12.4. The lowest BCUT2D eigenvalue weighted by Crippen LogP contribution is -2.28. The SMILES string of the molecule is Cc1ccc(OCCC2CCNCC2)cc1F. The van der Waals surface area contributed by atoms with Crippen LogP contribution in [0.1, 0.15) is 24.8 Å². The molecule has 1 aromatic rings. The quantitative estimate of drug-likeness (QED) is 0.869. The average molecular weight is 237 g/mol. The average Bonchev–Trinajstić information content (AvgIpc) is 2.35. The Bertz CT molecular complexity index is 361. The van der Waals surface area contributed by atoms with Gasteiger partial charge in [0, 0.05) is 6.07 Å². The molecule has 1 heterocycles. The van der Waals surface area contributed by atoms with Crippen molar-refractivity contribution in [2.45, 2.75) is 26.2 Å². The largest absolute Gasteiger partial charge is 0.493 e. The highest BCUT2D eigenvalue weighted by Gasteiger charge is 2.12. The van der Waals surface area contributed by atoms with Crippen LogP contribution in [0.4, 0.5) is 4.39 Å². The van der Waals surface area contributed by atoms with Gasteiger partial charge in [0.2, 0.25) is 0 Å². The van der Waals surface area contributed by atoms with Crippen molar-refractivity contribution in [2.24, 2.45) is 5.92 Å². The van der Waals surface area contributed by atoms with E-state index in [2.05, 4.69) is 5.32 Å². The molecule has 2 rings (SSSR count). The molecule has 2 nitrogen and oxygen atoms in total. The molecule has 0 unspecified atom stereocenters. The Labute approximate surface area is 102 Å². The fourth-order valence-corrected chi connectivity index (χ4v) is 2.18. The summed E-state index contributed by atoms with van der Waals surface area (Å²) in [6.45, 7) is 4.68. The van der Waals surface area contributed by atoms with Crippen LogP contribution in [0.5, 0.6) is 5.75 Å². The Morgan fingerprint density at radius 2 is 2.12 bits per heavy atom. The first-order chi connectivity index (χ1) is 8.25. The van der Waals surface area contributed by atoms with Crippen molar-refractivity contribution < 1.29 is 9.13 Å². The van der Waals surface area contributed by atoms with Gasteiger partial charge in [-0.3, -0.25) is 0 Å². The van der Waals surface area contributed by atoms with Crippen molar-refractivity contribution in [3.8, 4) is 5.75 Å². The van der Waals surface area contributed by atoms with Crippen LogP contribution in [0.2, 0.25) is 0 Å². The number of piperidine rings is 1. The van der Waals surface area contributed by atoms with Crippen molar-refractivity contribution in [2.75, 3.05) is 19.7 Å². The van der Waals surface area contributed by atoms with Gasteiger partial charge >= 0.3 is 0 Å². The second-order valence-corrected chi connectivity index (χ2v) is 4.74. The number of hydrogen-bond acceptors (Lipinski definition) is 2. The minimum atomic E-state index is -0.190. The molecule has 3 heteroatoms. The van der Waals surface area contributed by atoms with E-state index >= 15 is 0 Å². The summed E-state index contributed by atoms with van der Waals surface area (Å²) in [5.41, 5.74) is 0.663. The number of benzene rings is 1. The van der Waals surface area contributed by atoms with Crippen LogP contribution < -0.4 is 10.1 Å². The zero-order valence-corrected chi connectivity index (χ0v) is 10.3. The second-order valence-electron chi connectivity index (χ2n) is 4.74. The van der Waals surface area contributed by atoms with Crippen LogP contribution in [0.25, 0.3) is 0 Å². The standard InChI is InChI=1S/C14H20FNO/c1-11-2-3-13(10-14(11)15)17-9-6-12-4-7-16-8-5-12/h2-3,10,12,16H,4-9H2,1H3. The summed E-state index contributed by atoms with van der Waals surface area (Å²) < 4.78 is 18.9. The van der Waals surface area contributed by atoms with Gasteiger partial charge in [0.25, 0.3) is 0 Å². The van der Waals surface area contributed by atoms with Gasteiger partial charge in [0.05, 0.1) is 6.61 Å². The zero-order valence-electron chi connectivity index (χ0n) is 10.3. The third kappa shape index (κ3) is 3.70. The van der Waals surface area contributed by atoms with Crippen LogP contribution >= 0.6 is 0 Å². The van der Waals surface area contributed by atoms with Crippen molar-refractivity contribution in [3.05, 3.63) is 29.6 Å². The lowest BCUT2D eigenvalue weighted by atomic mass is 9.95. The van der Waals surface area contributed by atoms with Crippen LogP contribution in [0.3, 0.4) is 0 Å². The van der Waals surface area contributed by atoms with E-state index in [1.165, 1.54) is 18.9 Å². The van der Waals surface area contributed by atoms with E-state index in [4.69, 9.17) is 4.74 Å². The predicted molar refractivity (Wildman–Crippen MR) is 66.8 cm³/mol. The van der Waals surface area contributed by atoms with Crippen molar-refractivity contribution in [3.63, 3.8) is 0 Å². The molecule has 0 amide bonds. The van der Waals surface area contributed by atoms with E-state index in [1.54, 1.807) is 13.0 Å². The number of aryl methyl sites for hydroxylation is 1. The maximum Gasteiger partial charge on any atom is 0.129 e. The van der Waals surface area contributed by atoms with Crippen LogP contribution in [-0.4, -0.2) is 19.7 Å². The second kappa shape index (κ2) is 6.01. The number of nitrogens with one attached hydrogen (secondary N) is 1. The summed E-state index contributed by atoms with van der Waals surface area (Å²) in [5, 5.41) is 3.35. The third-order valence-corrected chi connectivity index (χ3v) is 3.40. The van der Waals surface area contributed by atoms with E-state index in [0.29, 0.717) is 17.9 Å². The maximum absolute atomic E-state index is 13.3. The van der Waals surface area contributed by atoms with E-state index in [-0.39, 0.29) is 5.82 Å². The Kier molecular flexibility index (Phi) is 4.37. The van der Waals surface area contributed by atoms with Gasteiger partial charge in [0.1, 0.15) is 11.6 Å². The number of hydrogen-bond donors (Lipinski definition) is 1. The molecule has 0 bridgehead atoms. The highest BCUT2D eigenvalue weighted by atomic mass is 19.1. The summed E-state index contributed by atoms with van der Waals surface area (Å²) in [7, 11) is 0. The third-order valence-electron chi connectivity index (χ3n) is 3.40. The number of halogens is 1. The molecular weight excluding hydrogens is 217 g/mol. The summed E-state index contributed by atoms with van der Waals surface area (Å²) in [5.74, 6) is 1.21. The zero-order chi connectivity index (χ0) is 12.1. The molecule has 0 aliphatic carbocycles. The highest BCUT2D eigenvalue weighted by Crippen LogP contribution is 2.19. The van der Waals surface area contributed by atoms with E-state index in [9.17, 15) is 4.39 Å². The molecule has 1 aliphatic rings. The first-order valence-electron chi connectivity index (χ1n) is 6.35. The molecule has 0 aromatic heterocycles. The Hall–Kier alpha value is -1.09. The van der Waals surface area contributed by atoms with Gasteiger partial charge in [-0.25, -0.2) is 4.39 Å². The molecule has 0 radical (unpaired) electrons. The van der Waals surface area contributed by atoms with Gasteiger partial charge < -0.3 is 10.1 Å². The molecule has 1 aliphatic heterocycles. The summed E-state index contributed by atoms with van der Waals surface area (Å²) in [6.07, 6.45) is 3.52. The smallest absolute Gasteiger partial charge is 0.129 e. The summed E-state index contributed by atoms with van der Waals surface area (Å²) in [4.78, 5) is 0. The maximum atomic E-state index is 13.3. The summed E-state index contributed by atoms with van der Waals surface area (Å²) in [6, 6.07) is 5.06. The molecule has 0 spiro atoms. The van der Waals surface area contributed by atoms with Crippen molar-refractivity contribution >= 4 is 0 Å². The number of ether oxygens (including phenoxy) is 1. The molecule has 1 saturated heterocycles. The fourth-order valence-electron chi connectivity index (χ4n) is 2.18. The van der Waals surface area contributed by atoms with Gasteiger partial charge in [-0.1, -0.05) is 6.07 Å². The normalized spacial score (nSPS) is 17.1.